The first-order valence-corrected chi connectivity index (χ1v) is 5.52. The lowest BCUT2D eigenvalue weighted by Gasteiger charge is -2.28. The van der Waals surface area contributed by atoms with Gasteiger partial charge in [-0.15, -0.1) is 0 Å². The van der Waals surface area contributed by atoms with Crippen LogP contribution < -0.4 is 4.90 Å². The zero-order valence-corrected chi connectivity index (χ0v) is 10.2. The molecule has 1 aromatic rings. The molecule has 1 amide bonds. The van der Waals surface area contributed by atoms with E-state index in [9.17, 15) is 9.18 Å². The highest BCUT2D eigenvalue weighted by molar-refractivity contribution is 5.95. The highest BCUT2D eigenvalue weighted by Crippen LogP contribution is 2.20. The lowest BCUT2D eigenvalue weighted by atomic mass is 10.1. The minimum atomic E-state index is -0.288. The number of nitrogens with zero attached hydrogens (tertiary/aromatic N) is 1. The van der Waals surface area contributed by atoms with Crippen molar-refractivity contribution in [3.8, 4) is 0 Å². The van der Waals surface area contributed by atoms with Crippen molar-refractivity contribution in [1.82, 2.24) is 0 Å². The molecule has 3 heteroatoms. The number of anilines is 1. The quantitative estimate of drug-likeness (QED) is 0.770. The molecule has 0 saturated carbocycles. The van der Waals surface area contributed by atoms with Gasteiger partial charge in [0.2, 0.25) is 5.91 Å². The second kappa shape index (κ2) is 5.10. The van der Waals surface area contributed by atoms with Crippen LogP contribution in [0, 0.1) is 11.7 Å². The molecule has 0 aliphatic carbocycles. The van der Waals surface area contributed by atoms with E-state index >= 15 is 0 Å². The van der Waals surface area contributed by atoms with E-state index in [0.29, 0.717) is 0 Å². The van der Waals surface area contributed by atoms with E-state index in [-0.39, 0.29) is 23.7 Å². The molecule has 2 nitrogen and oxygen atoms in total. The number of carbonyl (C=O) groups excluding carboxylic acids is 1. The predicted molar refractivity (Wildman–Crippen MR) is 63.9 cm³/mol. The average Bonchev–Trinajstić information content (AvgIpc) is 2.20. The second-order valence-electron chi connectivity index (χ2n) is 4.43. The number of amides is 1. The van der Waals surface area contributed by atoms with Crippen molar-refractivity contribution < 1.29 is 9.18 Å². The van der Waals surface area contributed by atoms with Gasteiger partial charge in [-0.2, -0.15) is 0 Å². The highest BCUT2D eigenvalue weighted by Gasteiger charge is 2.21. The van der Waals surface area contributed by atoms with E-state index in [1.165, 1.54) is 12.1 Å². The number of hydrogen-bond acceptors (Lipinski definition) is 1. The van der Waals surface area contributed by atoms with Gasteiger partial charge in [-0.3, -0.25) is 4.79 Å². The molecule has 0 heterocycles. The summed E-state index contributed by atoms with van der Waals surface area (Å²) in [5.41, 5.74) is 0.745. The van der Waals surface area contributed by atoms with E-state index in [0.717, 1.165) is 5.69 Å². The first-order valence-electron chi connectivity index (χ1n) is 5.52. The third-order valence-electron chi connectivity index (χ3n) is 2.35. The SMILES string of the molecule is CC(C)C(=O)N(c1ccc(F)cc1)C(C)C. The largest absolute Gasteiger partial charge is 0.310 e. The molecular formula is C13H18FNO. The van der Waals surface area contributed by atoms with Crippen molar-refractivity contribution >= 4 is 11.6 Å². The highest BCUT2D eigenvalue weighted by atomic mass is 19.1. The molecule has 88 valence electrons. The van der Waals surface area contributed by atoms with Crippen LogP contribution in [0.15, 0.2) is 24.3 Å². The number of benzene rings is 1. The fraction of sp³-hybridized carbons (Fsp3) is 0.462. The normalized spacial score (nSPS) is 10.9. The zero-order chi connectivity index (χ0) is 12.3. The fourth-order valence-corrected chi connectivity index (χ4v) is 1.56. The van der Waals surface area contributed by atoms with Crippen molar-refractivity contribution in [2.75, 3.05) is 4.90 Å². The van der Waals surface area contributed by atoms with E-state index in [1.807, 2.05) is 27.7 Å². The van der Waals surface area contributed by atoms with Crippen molar-refractivity contribution in [2.45, 2.75) is 33.7 Å². The van der Waals surface area contributed by atoms with Crippen molar-refractivity contribution in [1.29, 1.82) is 0 Å². The van der Waals surface area contributed by atoms with Gasteiger partial charge in [0.15, 0.2) is 0 Å². The van der Waals surface area contributed by atoms with Gasteiger partial charge in [-0.05, 0) is 38.1 Å². The Balaban J connectivity index is 3.03. The number of rotatable bonds is 3. The Labute approximate surface area is 96.1 Å². The molecule has 1 aromatic carbocycles. The van der Waals surface area contributed by atoms with Crippen LogP contribution in [-0.4, -0.2) is 11.9 Å². The molecule has 0 atom stereocenters. The van der Waals surface area contributed by atoms with Crippen LogP contribution in [0.4, 0.5) is 10.1 Å². The van der Waals surface area contributed by atoms with Crippen LogP contribution >= 0.6 is 0 Å². The van der Waals surface area contributed by atoms with Gasteiger partial charge in [0.1, 0.15) is 5.82 Å². The Morgan fingerprint density at radius 3 is 2.00 bits per heavy atom. The molecule has 0 spiro atoms. The second-order valence-corrected chi connectivity index (χ2v) is 4.43. The molecule has 0 fully saturated rings. The lowest BCUT2D eigenvalue weighted by molar-refractivity contribution is -0.121. The molecule has 0 aliphatic heterocycles. The summed E-state index contributed by atoms with van der Waals surface area (Å²) in [5.74, 6) is -0.293. The minimum absolute atomic E-state index is 0.0570. The molecule has 0 aromatic heterocycles. The summed E-state index contributed by atoms with van der Waals surface area (Å²) in [5, 5.41) is 0. The zero-order valence-electron chi connectivity index (χ0n) is 10.2. The third-order valence-corrected chi connectivity index (χ3v) is 2.35. The van der Waals surface area contributed by atoms with Crippen molar-refractivity contribution in [3.63, 3.8) is 0 Å². The number of carbonyl (C=O) groups is 1. The van der Waals surface area contributed by atoms with Gasteiger partial charge < -0.3 is 4.90 Å². The van der Waals surface area contributed by atoms with Gasteiger partial charge in [0.25, 0.3) is 0 Å². The third kappa shape index (κ3) is 2.81. The van der Waals surface area contributed by atoms with Crippen LogP contribution in [0.3, 0.4) is 0 Å². The average molecular weight is 223 g/mol. The first-order chi connectivity index (χ1) is 7.43. The van der Waals surface area contributed by atoms with Crippen LogP contribution in [0.5, 0.6) is 0 Å². The molecule has 16 heavy (non-hydrogen) atoms. The first kappa shape index (κ1) is 12.7. The topological polar surface area (TPSA) is 20.3 Å². The van der Waals surface area contributed by atoms with Crippen LogP contribution in [0.1, 0.15) is 27.7 Å². The maximum Gasteiger partial charge on any atom is 0.229 e. The van der Waals surface area contributed by atoms with Gasteiger partial charge >= 0.3 is 0 Å². The Kier molecular flexibility index (Phi) is 4.05. The van der Waals surface area contributed by atoms with Crippen LogP contribution in [-0.2, 0) is 4.79 Å². The Hall–Kier alpha value is -1.38. The summed E-state index contributed by atoms with van der Waals surface area (Å²) >= 11 is 0. The fourth-order valence-electron chi connectivity index (χ4n) is 1.56. The summed E-state index contributed by atoms with van der Waals surface area (Å²) in [6, 6.07) is 6.09. The van der Waals surface area contributed by atoms with E-state index in [2.05, 4.69) is 0 Å². The predicted octanol–water partition coefficient (Wildman–Crippen LogP) is 3.22. The summed E-state index contributed by atoms with van der Waals surface area (Å²) in [7, 11) is 0. The molecule has 1 rings (SSSR count). The molecule has 0 saturated heterocycles. The molecule has 0 radical (unpaired) electrons. The van der Waals surface area contributed by atoms with Gasteiger partial charge in [-0.1, -0.05) is 13.8 Å². The smallest absolute Gasteiger partial charge is 0.229 e. The number of halogens is 1. The molecule has 0 N–H and O–H groups in total. The van der Waals surface area contributed by atoms with E-state index in [4.69, 9.17) is 0 Å². The maximum absolute atomic E-state index is 12.8. The molecule has 0 aliphatic rings. The van der Waals surface area contributed by atoms with Crippen molar-refractivity contribution in [3.05, 3.63) is 30.1 Å². The summed E-state index contributed by atoms with van der Waals surface area (Å²) < 4.78 is 12.8. The molecule has 0 unspecified atom stereocenters. The summed E-state index contributed by atoms with van der Waals surface area (Å²) in [6.45, 7) is 7.62. The van der Waals surface area contributed by atoms with Crippen molar-refractivity contribution in [2.24, 2.45) is 5.92 Å². The Bertz CT molecular complexity index is 357. The van der Waals surface area contributed by atoms with Crippen LogP contribution in [0.2, 0.25) is 0 Å². The van der Waals surface area contributed by atoms with Gasteiger partial charge in [-0.25, -0.2) is 4.39 Å². The number of hydrogen-bond donors (Lipinski definition) is 0. The Morgan fingerprint density at radius 2 is 1.62 bits per heavy atom. The van der Waals surface area contributed by atoms with Crippen LogP contribution in [0.25, 0.3) is 0 Å². The van der Waals surface area contributed by atoms with Gasteiger partial charge in [0.05, 0.1) is 0 Å². The van der Waals surface area contributed by atoms with E-state index < -0.39 is 0 Å². The van der Waals surface area contributed by atoms with Gasteiger partial charge in [0, 0.05) is 17.6 Å². The summed E-state index contributed by atoms with van der Waals surface area (Å²) in [6.07, 6.45) is 0. The minimum Gasteiger partial charge on any atom is -0.310 e. The molecule has 0 bridgehead atoms. The maximum atomic E-state index is 12.8. The van der Waals surface area contributed by atoms with E-state index in [1.54, 1.807) is 17.0 Å². The lowest BCUT2D eigenvalue weighted by Crippen LogP contribution is -2.39. The standard InChI is InChI=1S/C13H18FNO/c1-9(2)13(16)15(10(3)4)12-7-5-11(14)6-8-12/h5-10H,1-4H3. The molecular weight excluding hydrogens is 205 g/mol. The Morgan fingerprint density at radius 1 is 1.12 bits per heavy atom. The monoisotopic (exact) mass is 223 g/mol. The summed E-state index contributed by atoms with van der Waals surface area (Å²) in [4.78, 5) is 13.7.